The highest BCUT2D eigenvalue weighted by Gasteiger charge is 2.56. The van der Waals surface area contributed by atoms with Crippen molar-refractivity contribution < 1.29 is 4.42 Å². The molecule has 0 unspecified atom stereocenters. The molecule has 0 bridgehead atoms. The minimum Gasteiger partial charge on any atom is -0.456 e. The van der Waals surface area contributed by atoms with E-state index < -0.39 is 13.5 Å². The molecule has 0 fully saturated rings. The quantitative estimate of drug-likeness (QED) is 0.154. The second-order valence-electron chi connectivity index (χ2n) is 17.9. The largest absolute Gasteiger partial charge is 0.456 e. The minimum absolute atomic E-state index is 0.160. The highest BCUT2D eigenvalue weighted by molar-refractivity contribution is 7.24. The van der Waals surface area contributed by atoms with E-state index in [-0.39, 0.29) is 5.41 Å². The smallest absolute Gasteiger partial charge is 0.182 e. The third-order valence-electron chi connectivity index (χ3n) is 14.9. The molecule has 0 radical (unpaired) electrons. The molecule has 2 spiro atoms. The zero-order valence-corrected chi connectivity index (χ0v) is 34.9. The number of hydrogen-bond acceptors (Lipinski definition) is 2. The Hall–Kier alpha value is -7.20. The summed E-state index contributed by atoms with van der Waals surface area (Å²) in [7, 11) is -2.83. The van der Waals surface area contributed by atoms with E-state index in [1.807, 2.05) is 0 Å². The molecule has 3 aliphatic heterocycles. The van der Waals surface area contributed by atoms with Crippen molar-refractivity contribution in [3.8, 4) is 22.3 Å². The Kier molecular flexibility index (Phi) is 6.36. The lowest BCUT2D eigenvalue weighted by Crippen LogP contribution is -2.70. The van der Waals surface area contributed by atoms with Gasteiger partial charge in [-0.05, 0) is 113 Å². The van der Waals surface area contributed by atoms with Gasteiger partial charge in [0.25, 0.3) is 0 Å². The van der Waals surface area contributed by atoms with Gasteiger partial charge in [-0.25, -0.2) is 0 Å². The molecule has 3 heteroatoms. The average molecular weight is 794 g/mol. The Morgan fingerprint density at radius 1 is 0.410 bits per heavy atom. The molecular weight excluding hydrogens is 755 g/mol. The Bertz CT molecular complexity index is 3410. The van der Waals surface area contributed by atoms with Crippen molar-refractivity contribution in [2.75, 3.05) is 4.90 Å². The van der Waals surface area contributed by atoms with Gasteiger partial charge in [0.05, 0.1) is 16.8 Å². The molecule has 0 atom stereocenters. The fourth-order valence-corrected chi connectivity index (χ4v) is 18.3. The van der Waals surface area contributed by atoms with E-state index in [0.717, 1.165) is 11.2 Å². The molecule has 286 valence electrons. The van der Waals surface area contributed by atoms with Crippen LogP contribution in [-0.2, 0) is 10.8 Å². The number of nitrogens with zero attached hydrogens (tertiary/aromatic N) is 1. The standard InChI is InChI=1S/C58H39NOSi/c1-57(2)41-20-6-8-22-43(41)58(44-23-9-7-21-42(44)57)45-24-10-12-26-47(45)59(48-27-13-11-25-46(48)58)36-31-32-40-54(35-36)61(51-29-15-4-17-37(51)38-18-5-16-30-52(38)61)53-34-33-50-55(56(40)53)39-19-3-14-28-49(39)60-50/h3-35H,1-2H3. The van der Waals surface area contributed by atoms with E-state index in [0.29, 0.717) is 0 Å². The summed E-state index contributed by atoms with van der Waals surface area (Å²) in [4.78, 5) is 2.57. The third kappa shape index (κ3) is 3.86. The Labute approximate surface area is 356 Å². The summed E-state index contributed by atoms with van der Waals surface area (Å²) < 4.78 is 6.60. The molecule has 0 amide bonds. The predicted octanol–water partition coefficient (Wildman–Crippen LogP) is 11.7. The first kappa shape index (κ1) is 33.6. The summed E-state index contributed by atoms with van der Waals surface area (Å²) >= 11 is 0. The van der Waals surface area contributed by atoms with Gasteiger partial charge in [-0.1, -0.05) is 178 Å². The summed E-state index contributed by atoms with van der Waals surface area (Å²) in [6, 6.07) is 76.0. The minimum atomic E-state index is -2.83. The number of rotatable bonds is 1. The fourth-order valence-electron chi connectivity index (χ4n) is 12.7. The molecule has 4 aliphatic rings. The van der Waals surface area contributed by atoms with E-state index in [1.54, 1.807) is 0 Å². The lowest BCUT2D eigenvalue weighted by atomic mass is 9.53. The summed E-state index contributed by atoms with van der Waals surface area (Å²) in [5.41, 5.74) is 18.3. The van der Waals surface area contributed by atoms with Gasteiger partial charge in [-0.3, -0.25) is 0 Å². The van der Waals surface area contributed by atoms with E-state index in [1.165, 1.54) is 104 Å². The molecule has 2 nitrogen and oxygen atoms in total. The molecule has 61 heavy (non-hydrogen) atoms. The molecule has 0 saturated carbocycles. The molecule has 0 N–H and O–H groups in total. The lowest BCUT2D eigenvalue weighted by molar-refractivity contribution is 0.556. The van der Waals surface area contributed by atoms with E-state index in [4.69, 9.17) is 4.42 Å². The van der Waals surface area contributed by atoms with Crippen LogP contribution in [0, 0.1) is 0 Å². The summed E-state index contributed by atoms with van der Waals surface area (Å²) in [6.07, 6.45) is 0. The Morgan fingerprint density at radius 2 is 0.934 bits per heavy atom. The molecule has 14 rings (SSSR count). The summed E-state index contributed by atoms with van der Waals surface area (Å²) in [5, 5.41) is 8.24. The van der Waals surface area contributed by atoms with Crippen LogP contribution >= 0.6 is 0 Å². The van der Waals surface area contributed by atoms with Crippen LogP contribution in [0.15, 0.2) is 205 Å². The first-order chi connectivity index (χ1) is 30.0. The van der Waals surface area contributed by atoms with Crippen LogP contribution in [-0.4, -0.2) is 8.07 Å². The van der Waals surface area contributed by atoms with Crippen LogP contribution in [0.3, 0.4) is 0 Å². The van der Waals surface area contributed by atoms with Crippen LogP contribution in [0.2, 0.25) is 0 Å². The van der Waals surface area contributed by atoms with Crippen LogP contribution in [0.4, 0.5) is 17.1 Å². The second kappa shape index (κ2) is 11.5. The van der Waals surface area contributed by atoms with E-state index >= 15 is 0 Å². The molecule has 0 saturated heterocycles. The van der Waals surface area contributed by atoms with Crippen molar-refractivity contribution in [2.45, 2.75) is 24.7 Å². The van der Waals surface area contributed by atoms with Crippen LogP contribution in [0.25, 0.3) is 44.2 Å². The van der Waals surface area contributed by atoms with Gasteiger partial charge in [0, 0.05) is 21.9 Å². The van der Waals surface area contributed by atoms with Crippen molar-refractivity contribution in [1.82, 2.24) is 0 Å². The molecule has 1 aromatic heterocycles. The first-order valence-corrected chi connectivity index (χ1v) is 23.5. The Balaban J connectivity index is 1.09. The SMILES string of the molecule is CC1(C)c2ccccc2C2(c3ccccc3N(c3ccc4c(c3)[Si]3(c5ccccc5-c5ccccc53)c3ccc5oc6ccccc6c5c3-4)c3ccccc32)c2ccccc21. The maximum absolute atomic E-state index is 6.60. The van der Waals surface area contributed by atoms with Crippen LogP contribution in [0.5, 0.6) is 0 Å². The molecule has 4 heterocycles. The van der Waals surface area contributed by atoms with Gasteiger partial charge >= 0.3 is 0 Å². The third-order valence-corrected chi connectivity index (χ3v) is 19.9. The van der Waals surface area contributed by atoms with Crippen molar-refractivity contribution in [3.05, 3.63) is 234 Å². The number of hydrogen-bond donors (Lipinski definition) is 0. The summed E-state index contributed by atoms with van der Waals surface area (Å²) in [5.74, 6) is 0. The van der Waals surface area contributed by atoms with Gasteiger partial charge in [-0.2, -0.15) is 0 Å². The Morgan fingerprint density at radius 3 is 1.57 bits per heavy atom. The number of anilines is 3. The molecule has 9 aromatic carbocycles. The number of benzene rings is 9. The molecule has 1 aliphatic carbocycles. The van der Waals surface area contributed by atoms with Gasteiger partial charge in [-0.15, -0.1) is 0 Å². The van der Waals surface area contributed by atoms with E-state index in [9.17, 15) is 0 Å². The molecule has 10 aromatic rings. The number of para-hydroxylation sites is 3. The number of fused-ring (bicyclic) bond motifs is 22. The zero-order chi connectivity index (χ0) is 40.2. The van der Waals surface area contributed by atoms with Crippen molar-refractivity contribution in [3.63, 3.8) is 0 Å². The lowest BCUT2D eigenvalue weighted by Gasteiger charge is -2.52. The van der Waals surface area contributed by atoms with E-state index in [2.05, 4.69) is 219 Å². The fraction of sp³-hybridized carbons (Fsp3) is 0.0690. The predicted molar refractivity (Wildman–Crippen MR) is 254 cm³/mol. The first-order valence-electron chi connectivity index (χ1n) is 21.5. The second-order valence-corrected chi connectivity index (χ2v) is 21.5. The summed E-state index contributed by atoms with van der Waals surface area (Å²) in [6.45, 7) is 4.79. The highest BCUT2D eigenvalue weighted by atomic mass is 28.3. The van der Waals surface area contributed by atoms with Crippen molar-refractivity contribution in [2.24, 2.45) is 0 Å². The van der Waals surface area contributed by atoms with Crippen LogP contribution in [0.1, 0.15) is 47.2 Å². The normalized spacial score (nSPS) is 16.1. The molecular formula is C58H39NOSi. The zero-order valence-electron chi connectivity index (χ0n) is 33.9. The number of furan rings is 1. The maximum Gasteiger partial charge on any atom is 0.182 e. The highest BCUT2D eigenvalue weighted by Crippen LogP contribution is 2.62. The average Bonchev–Trinajstić information content (AvgIpc) is 3.94. The topological polar surface area (TPSA) is 16.4 Å². The van der Waals surface area contributed by atoms with Gasteiger partial charge in [0.2, 0.25) is 0 Å². The maximum atomic E-state index is 6.60. The van der Waals surface area contributed by atoms with Gasteiger partial charge in [0.1, 0.15) is 11.2 Å². The van der Waals surface area contributed by atoms with Gasteiger partial charge < -0.3 is 9.32 Å². The van der Waals surface area contributed by atoms with Crippen molar-refractivity contribution >= 4 is 67.8 Å². The van der Waals surface area contributed by atoms with Crippen LogP contribution < -0.4 is 25.6 Å². The van der Waals surface area contributed by atoms with Gasteiger partial charge in [0.15, 0.2) is 8.07 Å². The van der Waals surface area contributed by atoms with Crippen molar-refractivity contribution in [1.29, 1.82) is 0 Å². The monoisotopic (exact) mass is 793 g/mol.